The zero-order valence-corrected chi connectivity index (χ0v) is 15.7. The Hall–Kier alpha value is -0.810. The highest BCUT2D eigenvalue weighted by molar-refractivity contribution is 5.85. The summed E-state index contributed by atoms with van der Waals surface area (Å²) < 4.78 is 0. The van der Waals surface area contributed by atoms with Gasteiger partial charge in [-0.1, -0.05) is 30.3 Å². The Balaban J connectivity index is 0.00000144. The summed E-state index contributed by atoms with van der Waals surface area (Å²) in [7, 11) is 0. The van der Waals surface area contributed by atoms with E-state index in [0.29, 0.717) is 12.1 Å². The number of nitrogens with one attached hydrogen (secondary N) is 1. The minimum atomic E-state index is 0. The largest absolute Gasteiger partial charge is 0.352 e. The van der Waals surface area contributed by atoms with E-state index in [-0.39, 0.29) is 36.8 Å². The van der Waals surface area contributed by atoms with E-state index < -0.39 is 0 Å². The molecular weight excluding hydrogens is 345 g/mol. The summed E-state index contributed by atoms with van der Waals surface area (Å²) in [6, 6.07) is 11.1. The molecule has 1 atom stereocenters. The third kappa shape index (κ3) is 5.62. The molecule has 24 heavy (non-hydrogen) atoms. The van der Waals surface area contributed by atoms with Crippen molar-refractivity contribution in [3.8, 4) is 0 Å². The normalized spacial score (nSPS) is 27.0. The first kappa shape index (κ1) is 21.2. The summed E-state index contributed by atoms with van der Waals surface area (Å²) in [6.07, 6.45) is 6.20. The predicted octanol–water partition coefficient (Wildman–Crippen LogP) is 2.88. The average molecular weight is 374 g/mol. The first-order valence-corrected chi connectivity index (χ1v) is 8.56. The molecule has 1 aromatic carbocycles. The van der Waals surface area contributed by atoms with Crippen LogP contribution in [-0.2, 0) is 11.3 Å². The fourth-order valence-electron chi connectivity index (χ4n) is 3.69. The van der Waals surface area contributed by atoms with E-state index in [1.54, 1.807) is 0 Å². The predicted molar refractivity (Wildman–Crippen MR) is 103 cm³/mol. The summed E-state index contributed by atoms with van der Waals surface area (Å²) in [5.74, 6) is 0.217. The molecule has 0 bridgehead atoms. The van der Waals surface area contributed by atoms with Crippen LogP contribution in [0.1, 0.15) is 44.1 Å². The van der Waals surface area contributed by atoms with Gasteiger partial charge in [-0.15, -0.1) is 24.8 Å². The average Bonchev–Trinajstić information content (AvgIpc) is 2.99. The molecule has 1 amide bonds. The number of likely N-dealkylation sites (tertiary alicyclic amines) is 1. The number of benzene rings is 1. The van der Waals surface area contributed by atoms with Crippen molar-refractivity contribution in [3.63, 3.8) is 0 Å². The Bertz CT molecular complexity index is 492. The van der Waals surface area contributed by atoms with Gasteiger partial charge >= 0.3 is 0 Å². The van der Waals surface area contributed by atoms with Gasteiger partial charge in [0.2, 0.25) is 5.91 Å². The first-order valence-electron chi connectivity index (χ1n) is 8.56. The number of rotatable bonds is 4. The lowest BCUT2D eigenvalue weighted by atomic mass is 9.91. The molecule has 4 nitrogen and oxygen atoms in total. The number of hydrogen-bond donors (Lipinski definition) is 2. The van der Waals surface area contributed by atoms with Crippen molar-refractivity contribution >= 4 is 30.7 Å². The minimum Gasteiger partial charge on any atom is -0.352 e. The molecule has 3 N–H and O–H groups in total. The van der Waals surface area contributed by atoms with Gasteiger partial charge in [-0.05, 0) is 50.6 Å². The molecular formula is C18H29Cl2N3O. The molecule has 1 aromatic rings. The number of nitrogens with zero attached hydrogens (tertiary/aromatic N) is 1. The molecule has 2 aliphatic rings. The van der Waals surface area contributed by atoms with Crippen LogP contribution < -0.4 is 11.1 Å². The Kier molecular flexibility index (Phi) is 9.06. The lowest BCUT2D eigenvalue weighted by Crippen LogP contribution is -2.48. The van der Waals surface area contributed by atoms with Crippen LogP contribution in [0.4, 0.5) is 0 Å². The molecule has 1 saturated carbocycles. The van der Waals surface area contributed by atoms with Crippen LogP contribution >= 0.6 is 24.8 Å². The second-order valence-electron chi connectivity index (χ2n) is 6.73. The van der Waals surface area contributed by atoms with Gasteiger partial charge in [0, 0.05) is 18.6 Å². The highest BCUT2D eigenvalue weighted by atomic mass is 35.5. The summed E-state index contributed by atoms with van der Waals surface area (Å²) in [6.45, 7) is 1.89. The van der Waals surface area contributed by atoms with Crippen molar-refractivity contribution in [1.29, 1.82) is 0 Å². The van der Waals surface area contributed by atoms with E-state index in [0.717, 1.165) is 51.6 Å². The van der Waals surface area contributed by atoms with Gasteiger partial charge in [-0.3, -0.25) is 9.69 Å². The second-order valence-corrected chi connectivity index (χ2v) is 6.73. The van der Waals surface area contributed by atoms with Gasteiger partial charge in [0.1, 0.15) is 0 Å². The van der Waals surface area contributed by atoms with Crippen LogP contribution in [0.5, 0.6) is 0 Å². The zero-order chi connectivity index (χ0) is 15.4. The molecule has 1 saturated heterocycles. The van der Waals surface area contributed by atoms with Crippen LogP contribution in [0.2, 0.25) is 0 Å². The SMILES string of the molecule is Cl.Cl.NC1CCC(NC(=O)C2CCCN2Cc2ccccc2)CC1. The topological polar surface area (TPSA) is 58.4 Å². The van der Waals surface area contributed by atoms with Crippen molar-refractivity contribution < 1.29 is 4.79 Å². The van der Waals surface area contributed by atoms with Crippen LogP contribution in [0.25, 0.3) is 0 Å². The summed E-state index contributed by atoms with van der Waals surface area (Å²) in [4.78, 5) is 14.9. The molecule has 1 heterocycles. The number of halogens is 2. The Morgan fingerprint density at radius 1 is 1.08 bits per heavy atom. The molecule has 6 heteroatoms. The van der Waals surface area contributed by atoms with E-state index in [9.17, 15) is 4.79 Å². The maximum absolute atomic E-state index is 12.6. The van der Waals surface area contributed by atoms with Gasteiger partial charge in [-0.25, -0.2) is 0 Å². The third-order valence-corrected chi connectivity index (χ3v) is 5.01. The summed E-state index contributed by atoms with van der Waals surface area (Å²) in [5.41, 5.74) is 7.22. The Labute approximate surface area is 157 Å². The highest BCUT2D eigenvalue weighted by Crippen LogP contribution is 2.22. The Morgan fingerprint density at radius 2 is 1.75 bits per heavy atom. The van der Waals surface area contributed by atoms with Gasteiger partial charge in [0.05, 0.1) is 6.04 Å². The van der Waals surface area contributed by atoms with Crippen LogP contribution in [0.15, 0.2) is 30.3 Å². The molecule has 136 valence electrons. The fraction of sp³-hybridized carbons (Fsp3) is 0.611. The van der Waals surface area contributed by atoms with Crippen molar-refractivity contribution in [2.45, 2.75) is 63.2 Å². The lowest BCUT2D eigenvalue weighted by molar-refractivity contribution is -0.126. The molecule has 0 radical (unpaired) electrons. The van der Waals surface area contributed by atoms with Crippen molar-refractivity contribution in [1.82, 2.24) is 10.2 Å². The van der Waals surface area contributed by atoms with E-state index in [1.165, 1.54) is 5.56 Å². The maximum Gasteiger partial charge on any atom is 0.237 e. The maximum atomic E-state index is 12.6. The first-order chi connectivity index (χ1) is 10.7. The fourth-order valence-corrected chi connectivity index (χ4v) is 3.69. The van der Waals surface area contributed by atoms with Crippen molar-refractivity contribution in [3.05, 3.63) is 35.9 Å². The number of nitrogens with two attached hydrogens (primary N) is 1. The van der Waals surface area contributed by atoms with Crippen LogP contribution in [0, 0.1) is 0 Å². The summed E-state index contributed by atoms with van der Waals surface area (Å²) >= 11 is 0. The monoisotopic (exact) mass is 373 g/mol. The number of carbonyl (C=O) groups is 1. The van der Waals surface area contributed by atoms with Gasteiger partial charge in [0.15, 0.2) is 0 Å². The lowest BCUT2D eigenvalue weighted by Gasteiger charge is -2.30. The van der Waals surface area contributed by atoms with E-state index in [4.69, 9.17) is 5.73 Å². The second kappa shape index (κ2) is 10.2. The standard InChI is InChI=1S/C18H27N3O.2ClH/c19-15-8-10-16(11-9-15)20-18(22)17-7-4-12-21(17)13-14-5-2-1-3-6-14;;/h1-3,5-6,15-17H,4,7-13,19H2,(H,20,22);2*1H. The molecule has 1 aliphatic heterocycles. The van der Waals surface area contributed by atoms with Crippen molar-refractivity contribution in [2.24, 2.45) is 5.73 Å². The minimum absolute atomic E-state index is 0. The quantitative estimate of drug-likeness (QED) is 0.852. The van der Waals surface area contributed by atoms with Gasteiger partial charge in [0.25, 0.3) is 0 Å². The van der Waals surface area contributed by atoms with E-state index >= 15 is 0 Å². The van der Waals surface area contributed by atoms with E-state index in [2.05, 4.69) is 34.5 Å². The number of carbonyl (C=O) groups excluding carboxylic acids is 1. The molecule has 0 aromatic heterocycles. The van der Waals surface area contributed by atoms with Gasteiger partial charge in [-0.2, -0.15) is 0 Å². The Morgan fingerprint density at radius 3 is 2.42 bits per heavy atom. The molecule has 1 aliphatic carbocycles. The molecule has 2 fully saturated rings. The van der Waals surface area contributed by atoms with Crippen LogP contribution in [0.3, 0.4) is 0 Å². The van der Waals surface area contributed by atoms with Crippen molar-refractivity contribution in [2.75, 3.05) is 6.54 Å². The molecule has 0 spiro atoms. The molecule has 1 unspecified atom stereocenters. The third-order valence-electron chi connectivity index (χ3n) is 5.01. The number of amides is 1. The highest BCUT2D eigenvalue weighted by Gasteiger charge is 2.32. The van der Waals surface area contributed by atoms with Gasteiger partial charge < -0.3 is 11.1 Å². The van der Waals surface area contributed by atoms with Crippen LogP contribution in [-0.4, -0.2) is 35.5 Å². The number of hydrogen-bond acceptors (Lipinski definition) is 3. The summed E-state index contributed by atoms with van der Waals surface area (Å²) in [5, 5.41) is 3.26. The van der Waals surface area contributed by atoms with E-state index in [1.807, 2.05) is 6.07 Å². The molecule has 3 rings (SSSR count). The zero-order valence-electron chi connectivity index (χ0n) is 14.0. The smallest absolute Gasteiger partial charge is 0.237 e.